The Labute approximate surface area is 66.8 Å². The molecule has 11 heavy (non-hydrogen) atoms. The predicted molar refractivity (Wildman–Crippen MR) is 44.8 cm³/mol. The van der Waals surface area contributed by atoms with Crippen LogP contribution in [0.5, 0.6) is 0 Å². The Bertz CT molecular complexity index is 210. The maximum atomic E-state index is 4.98. The highest BCUT2D eigenvalue weighted by Gasteiger charge is 2.06. The van der Waals surface area contributed by atoms with E-state index in [2.05, 4.69) is 17.4 Å². The van der Waals surface area contributed by atoms with E-state index in [9.17, 15) is 0 Å². The highest BCUT2D eigenvalue weighted by atomic mass is 16.5. The lowest BCUT2D eigenvalue weighted by molar-refractivity contribution is 0.393. The number of aromatic nitrogens is 1. The summed E-state index contributed by atoms with van der Waals surface area (Å²) in [7, 11) is 0. The summed E-state index contributed by atoms with van der Waals surface area (Å²) in [6, 6.07) is 0. The topological polar surface area (TPSA) is 38.1 Å². The summed E-state index contributed by atoms with van der Waals surface area (Å²) in [4.78, 5) is 0. The van der Waals surface area contributed by atoms with Crippen molar-refractivity contribution in [3.8, 4) is 0 Å². The van der Waals surface area contributed by atoms with E-state index >= 15 is 0 Å². The van der Waals surface area contributed by atoms with Gasteiger partial charge < -0.3 is 9.84 Å². The van der Waals surface area contributed by atoms with E-state index < -0.39 is 0 Å². The van der Waals surface area contributed by atoms with Crippen LogP contribution in [0.1, 0.15) is 24.8 Å². The molecule has 0 aliphatic rings. The van der Waals surface area contributed by atoms with Gasteiger partial charge in [-0.15, -0.1) is 0 Å². The van der Waals surface area contributed by atoms with Crippen LogP contribution in [0.3, 0.4) is 0 Å². The number of nitrogens with zero attached hydrogens (tertiary/aromatic N) is 1. The third kappa shape index (κ3) is 1.73. The Hall–Kier alpha value is -0.990. The van der Waals surface area contributed by atoms with Gasteiger partial charge in [0.2, 0.25) is 0 Å². The van der Waals surface area contributed by atoms with Crippen molar-refractivity contribution in [3.05, 3.63) is 11.5 Å². The zero-order chi connectivity index (χ0) is 8.27. The van der Waals surface area contributed by atoms with Crippen LogP contribution in [0.15, 0.2) is 4.52 Å². The van der Waals surface area contributed by atoms with Crippen molar-refractivity contribution in [2.24, 2.45) is 0 Å². The van der Waals surface area contributed by atoms with Gasteiger partial charge in [-0.1, -0.05) is 12.1 Å². The van der Waals surface area contributed by atoms with E-state index in [1.807, 2.05) is 13.8 Å². The number of nitrogens with one attached hydrogen (secondary N) is 1. The Morgan fingerprint density at radius 3 is 2.64 bits per heavy atom. The zero-order valence-electron chi connectivity index (χ0n) is 7.27. The first-order valence-electron chi connectivity index (χ1n) is 3.92. The van der Waals surface area contributed by atoms with Crippen molar-refractivity contribution in [2.75, 3.05) is 11.9 Å². The molecular weight excluding hydrogens is 140 g/mol. The molecule has 1 aromatic rings. The summed E-state index contributed by atoms with van der Waals surface area (Å²) < 4.78 is 4.98. The minimum absolute atomic E-state index is 0.871. The van der Waals surface area contributed by atoms with Gasteiger partial charge in [-0.3, -0.25) is 0 Å². The van der Waals surface area contributed by atoms with Crippen molar-refractivity contribution >= 4 is 5.69 Å². The summed E-state index contributed by atoms with van der Waals surface area (Å²) in [5.74, 6) is 0.871. The number of anilines is 1. The van der Waals surface area contributed by atoms with Crippen molar-refractivity contribution in [3.63, 3.8) is 0 Å². The Balaban J connectivity index is 2.67. The second-order valence-electron chi connectivity index (χ2n) is 2.63. The van der Waals surface area contributed by atoms with E-state index in [1.165, 1.54) is 0 Å². The molecule has 3 nitrogen and oxygen atoms in total. The summed E-state index contributed by atoms with van der Waals surface area (Å²) >= 11 is 0. The Morgan fingerprint density at radius 2 is 2.18 bits per heavy atom. The lowest BCUT2D eigenvalue weighted by Crippen LogP contribution is -2.00. The first-order valence-corrected chi connectivity index (χ1v) is 3.92. The number of hydrogen-bond donors (Lipinski definition) is 1. The first kappa shape index (κ1) is 8.11. The van der Waals surface area contributed by atoms with Crippen LogP contribution >= 0.6 is 0 Å². The van der Waals surface area contributed by atoms with Crippen molar-refractivity contribution in [2.45, 2.75) is 27.2 Å². The molecule has 3 heteroatoms. The molecule has 0 saturated heterocycles. The minimum atomic E-state index is 0.871. The van der Waals surface area contributed by atoms with Gasteiger partial charge in [0.05, 0.1) is 0 Å². The first-order chi connectivity index (χ1) is 5.25. The summed E-state index contributed by atoms with van der Waals surface area (Å²) in [6.45, 7) is 6.96. The molecule has 0 bridgehead atoms. The summed E-state index contributed by atoms with van der Waals surface area (Å²) in [6.07, 6.45) is 1.12. The molecule has 0 fully saturated rings. The summed E-state index contributed by atoms with van der Waals surface area (Å²) in [5.41, 5.74) is 1.99. The molecule has 0 amide bonds. The van der Waals surface area contributed by atoms with Crippen LogP contribution in [0.2, 0.25) is 0 Å². The molecule has 1 rings (SSSR count). The molecule has 0 aromatic carbocycles. The molecule has 0 atom stereocenters. The molecule has 62 valence electrons. The molecule has 0 spiro atoms. The average molecular weight is 154 g/mol. The molecule has 1 heterocycles. The standard InChI is InChI=1S/C8H14N2O/c1-4-5-9-8-6(2)10-11-7(8)3/h9H,4-5H2,1-3H3. The van der Waals surface area contributed by atoms with Gasteiger partial charge in [-0.25, -0.2) is 0 Å². The minimum Gasteiger partial charge on any atom is -0.381 e. The second-order valence-corrected chi connectivity index (χ2v) is 2.63. The van der Waals surface area contributed by atoms with Crippen LogP contribution in [0, 0.1) is 13.8 Å². The SMILES string of the molecule is CCCNc1c(C)noc1C. The van der Waals surface area contributed by atoms with Crippen molar-refractivity contribution < 1.29 is 4.52 Å². The highest BCUT2D eigenvalue weighted by Crippen LogP contribution is 2.17. The van der Waals surface area contributed by atoms with E-state index in [-0.39, 0.29) is 0 Å². The van der Waals surface area contributed by atoms with Gasteiger partial charge in [0, 0.05) is 6.54 Å². The molecular formula is C8H14N2O. The molecule has 0 aliphatic heterocycles. The van der Waals surface area contributed by atoms with Crippen LogP contribution < -0.4 is 5.32 Å². The van der Waals surface area contributed by atoms with E-state index in [1.54, 1.807) is 0 Å². The van der Waals surface area contributed by atoms with E-state index in [0.717, 1.165) is 30.1 Å². The van der Waals surface area contributed by atoms with Gasteiger partial charge in [0.1, 0.15) is 11.4 Å². The van der Waals surface area contributed by atoms with Gasteiger partial charge in [-0.05, 0) is 20.3 Å². The Morgan fingerprint density at radius 1 is 1.45 bits per heavy atom. The maximum Gasteiger partial charge on any atom is 0.156 e. The third-order valence-electron chi connectivity index (χ3n) is 1.59. The molecule has 0 saturated carbocycles. The maximum absolute atomic E-state index is 4.98. The average Bonchev–Trinajstić information content (AvgIpc) is 2.29. The molecule has 1 aromatic heterocycles. The molecule has 0 radical (unpaired) electrons. The Kier molecular flexibility index (Phi) is 2.52. The van der Waals surface area contributed by atoms with Gasteiger partial charge in [0.25, 0.3) is 0 Å². The lowest BCUT2D eigenvalue weighted by Gasteiger charge is -2.01. The monoisotopic (exact) mass is 154 g/mol. The fourth-order valence-corrected chi connectivity index (χ4v) is 0.985. The fraction of sp³-hybridized carbons (Fsp3) is 0.625. The summed E-state index contributed by atoms with van der Waals surface area (Å²) in [5, 5.41) is 7.09. The third-order valence-corrected chi connectivity index (χ3v) is 1.59. The van der Waals surface area contributed by atoms with E-state index in [4.69, 9.17) is 4.52 Å². The quantitative estimate of drug-likeness (QED) is 0.724. The number of aryl methyl sites for hydroxylation is 2. The van der Waals surface area contributed by atoms with Crippen LogP contribution in [-0.2, 0) is 0 Å². The molecule has 0 aliphatic carbocycles. The lowest BCUT2D eigenvalue weighted by atomic mass is 10.3. The number of rotatable bonds is 3. The largest absolute Gasteiger partial charge is 0.381 e. The van der Waals surface area contributed by atoms with Crippen LogP contribution in [0.25, 0.3) is 0 Å². The normalized spacial score (nSPS) is 10.1. The number of hydrogen-bond acceptors (Lipinski definition) is 3. The van der Waals surface area contributed by atoms with Gasteiger partial charge in [0.15, 0.2) is 5.76 Å². The predicted octanol–water partition coefficient (Wildman–Crippen LogP) is 2.11. The second kappa shape index (κ2) is 3.42. The van der Waals surface area contributed by atoms with Crippen molar-refractivity contribution in [1.29, 1.82) is 0 Å². The molecule has 1 N–H and O–H groups in total. The highest BCUT2D eigenvalue weighted by molar-refractivity contribution is 5.49. The van der Waals surface area contributed by atoms with E-state index in [0.29, 0.717) is 0 Å². The fourth-order valence-electron chi connectivity index (χ4n) is 0.985. The zero-order valence-corrected chi connectivity index (χ0v) is 7.27. The van der Waals surface area contributed by atoms with Crippen molar-refractivity contribution in [1.82, 2.24) is 5.16 Å². The molecule has 0 unspecified atom stereocenters. The van der Waals surface area contributed by atoms with Gasteiger partial charge in [-0.2, -0.15) is 0 Å². The smallest absolute Gasteiger partial charge is 0.156 e. The van der Waals surface area contributed by atoms with Crippen LogP contribution in [0.4, 0.5) is 5.69 Å². The van der Waals surface area contributed by atoms with Gasteiger partial charge >= 0.3 is 0 Å². The van der Waals surface area contributed by atoms with Crippen LogP contribution in [-0.4, -0.2) is 11.7 Å².